The van der Waals surface area contributed by atoms with E-state index < -0.39 is 0 Å². The lowest BCUT2D eigenvalue weighted by molar-refractivity contribution is 0.101. The van der Waals surface area contributed by atoms with Gasteiger partial charge in [-0.25, -0.2) is 0 Å². The first-order valence-corrected chi connectivity index (χ1v) is 8.60. The topological polar surface area (TPSA) is 79.8 Å². The molecule has 0 saturated heterocycles. The van der Waals surface area contributed by atoms with Crippen LogP contribution in [0.4, 0.5) is 5.69 Å². The smallest absolute Gasteiger partial charge is 0.272 e. The molecule has 2 heterocycles. The summed E-state index contributed by atoms with van der Waals surface area (Å²) in [5, 5.41) is 7.18. The Labute approximate surface area is 152 Å². The number of carbonyl (C=O) groups excluding carboxylic acids is 2. The SMILES string of the molecule is CCc1c(C(=O)Nc2ccccc2Cn2cccn2)[nH]c(C)c1C(C)=O. The first-order chi connectivity index (χ1) is 12.5. The lowest BCUT2D eigenvalue weighted by atomic mass is 10.0. The highest BCUT2D eigenvalue weighted by atomic mass is 16.2. The maximum Gasteiger partial charge on any atom is 0.272 e. The zero-order valence-corrected chi connectivity index (χ0v) is 15.2. The molecule has 6 nitrogen and oxygen atoms in total. The Kier molecular flexibility index (Phi) is 5.02. The number of ketones is 1. The molecule has 3 aromatic rings. The molecule has 0 spiro atoms. The third-order valence-corrected chi connectivity index (χ3v) is 4.38. The molecule has 2 N–H and O–H groups in total. The van der Waals surface area contributed by atoms with Gasteiger partial charge in [0.05, 0.1) is 6.54 Å². The molecular weight excluding hydrogens is 328 g/mol. The quantitative estimate of drug-likeness (QED) is 0.667. The summed E-state index contributed by atoms with van der Waals surface area (Å²) < 4.78 is 1.80. The number of benzene rings is 1. The predicted octanol–water partition coefficient (Wildman–Crippen LogP) is 3.59. The minimum Gasteiger partial charge on any atom is -0.354 e. The van der Waals surface area contributed by atoms with Gasteiger partial charge in [0.15, 0.2) is 5.78 Å². The van der Waals surface area contributed by atoms with Gasteiger partial charge in [-0.2, -0.15) is 5.10 Å². The summed E-state index contributed by atoms with van der Waals surface area (Å²) in [6, 6.07) is 9.49. The Morgan fingerprint density at radius 2 is 2.00 bits per heavy atom. The second-order valence-electron chi connectivity index (χ2n) is 6.20. The number of para-hydroxylation sites is 1. The summed E-state index contributed by atoms with van der Waals surface area (Å²) in [4.78, 5) is 27.9. The number of amides is 1. The number of anilines is 1. The van der Waals surface area contributed by atoms with E-state index in [0.29, 0.717) is 24.2 Å². The van der Waals surface area contributed by atoms with Crippen molar-refractivity contribution in [1.29, 1.82) is 0 Å². The van der Waals surface area contributed by atoms with Crippen LogP contribution in [-0.4, -0.2) is 26.5 Å². The van der Waals surface area contributed by atoms with E-state index in [2.05, 4.69) is 15.4 Å². The number of H-pyrrole nitrogens is 1. The molecule has 0 bridgehead atoms. The van der Waals surface area contributed by atoms with Gasteiger partial charge in [-0.05, 0) is 43.5 Å². The van der Waals surface area contributed by atoms with Crippen molar-refractivity contribution in [2.45, 2.75) is 33.7 Å². The summed E-state index contributed by atoms with van der Waals surface area (Å²) in [7, 11) is 0. The van der Waals surface area contributed by atoms with Gasteiger partial charge >= 0.3 is 0 Å². The van der Waals surface area contributed by atoms with Gasteiger partial charge in [-0.3, -0.25) is 14.3 Å². The van der Waals surface area contributed by atoms with Crippen molar-refractivity contribution in [3.05, 3.63) is 70.8 Å². The number of nitrogens with one attached hydrogen (secondary N) is 2. The fourth-order valence-electron chi connectivity index (χ4n) is 3.23. The number of rotatable bonds is 6. The Morgan fingerprint density at radius 3 is 2.65 bits per heavy atom. The maximum absolute atomic E-state index is 12.9. The van der Waals surface area contributed by atoms with Crippen molar-refractivity contribution < 1.29 is 9.59 Å². The standard InChI is InChI=1S/C20H22N4O2/c1-4-16-18(14(3)25)13(2)22-19(16)20(26)23-17-9-6-5-8-15(17)12-24-11-7-10-21-24/h5-11,22H,4,12H2,1-3H3,(H,23,26). The van der Waals surface area contributed by atoms with Crippen LogP contribution >= 0.6 is 0 Å². The van der Waals surface area contributed by atoms with Crippen LogP contribution in [-0.2, 0) is 13.0 Å². The molecule has 0 saturated carbocycles. The van der Waals surface area contributed by atoms with Crippen LogP contribution in [0.5, 0.6) is 0 Å². The summed E-state index contributed by atoms with van der Waals surface area (Å²) in [5.41, 5.74) is 4.23. The number of hydrogen-bond donors (Lipinski definition) is 2. The lowest BCUT2D eigenvalue weighted by Gasteiger charge is -2.11. The molecule has 0 fully saturated rings. The summed E-state index contributed by atoms with van der Waals surface area (Å²) >= 11 is 0. The van der Waals surface area contributed by atoms with Gasteiger partial charge in [-0.15, -0.1) is 0 Å². The highest BCUT2D eigenvalue weighted by Crippen LogP contribution is 2.23. The normalized spacial score (nSPS) is 10.7. The van der Waals surface area contributed by atoms with Gasteiger partial charge in [0.1, 0.15) is 5.69 Å². The monoisotopic (exact) mass is 350 g/mol. The number of hydrogen-bond acceptors (Lipinski definition) is 3. The minimum atomic E-state index is -0.245. The van der Waals surface area contributed by atoms with E-state index in [1.54, 1.807) is 10.9 Å². The number of aromatic amines is 1. The molecule has 3 rings (SSSR count). The predicted molar refractivity (Wildman–Crippen MR) is 101 cm³/mol. The van der Waals surface area contributed by atoms with Crippen molar-refractivity contribution in [3.8, 4) is 0 Å². The summed E-state index contributed by atoms with van der Waals surface area (Å²) in [6.45, 7) is 5.85. The molecule has 2 aromatic heterocycles. The molecule has 0 radical (unpaired) electrons. The largest absolute Gasteiger partial charge is 0.354 e. The number of aryl methyl sites for hydroxylation is 1. The fourth-order valence-corrected chi connectivity index (χ4v) is 3.23. The molecule has 0 aliphatic heterocycles. The van der Waals surface area contributed by atoms with Gasteiger partial charge in [0, 0.05) is 29.3 Å². The van der Waals surface area contributed by atoms with E-state index in [1.165, 1.54) is 6.92 Å². The summed E-state index contributed by atoms with van der Waals surface area (Å²) in [5.74, 6) is -0.279. The first kappa shape index (κ1) is 17.7. The zero-order valence-electron chi connectivity index (χ0n) is 15.2. The highest BCUT2D eigenvalue weighted by molar-refractivity contribution is 6.08. The molecule has 26 heavy (non-hydrogen) atoms. The highest BCUT2D eigenvalue weighted by Gasteiger charge is 2.22. The van der Waals surface area contributed by atoms with Gasteiger partial charge < -0.3 is 10.3 Å². The van der Waals surface area contributed by atoms with Crippen LogP contribution in [0.1, 0.15) is 51.5 Å². The van der Waals surface area contributed by atoms with Crippen LogP contribution in [0.3, 0.4) is 0 Å². The van der Waals surface area contributed by atoms with Crippen LogP contribution in [0.2, 0.25) is 0 Å². The average Bonchev–Trinajstić information content (AvgIpc) is 3.23. The number of Topliss-reactive ketones (excluding diaryl/α,β-unsaturated/α-hetero) is 1. The third kappa shape index (κ3) is 3.44. The molecule has 0 aliphatic rings. The average molecular weight is 350 g/mol. The van der Waals surface area contributed by atoms with Crippen molar-refractivity contribution >= 4 is 17.4 Å². The molecule has 134 valence electrons. The molecule has 0 aliphatic carbocycles. The Bertz CT molecular complexity index is 939. The molecule has 6 heteroatoms. The summed E-state index contributed by atoms with van der Waals surface area (Å²) in [6.07, 6.45) is 4.21. The Morgan fingerprint density at radius 1 is 1.23 bits per heavy atom. The van der Waals surface area contributed by atoms with E-state index in [9.17, 15) is 9.59 Å². The van der Waals surface area contributed by atoms with E-state index >= 15 is 0 Å². The van der Waals surface area contributed by atoms with E-state index in [4.69, 9.17) is 0 Å². The van der Waals surface area contributed by atoms with Gasteiger partial charge in [0.25, 0.3) is 5.91 Å². The zero-order chi connectivity index (χ0) is 18.7. The van der Waals surface area contributed by atoms with Gasteiger partial charge in [-0.1, -0.05) is 25.1 Å². The molecule has 0 atom stereocenters. The van der Waals surface area contributed by atoms with Crippen LogP contribution in [0.15, 0.2) is 42.7 Å². The minimum absolute atomic E-state index is 0.0336. The van der Waals surface area contributed by atoms with Gasteiger partial charge in [0.2, 0.25) is 0 Å². The molecule has 1 amide bonds. The maximum atomic E-state index is 12.9. The van der Waals surface area contributed by atoms with Crippen molar-refractivity contribution in [2.24, 2.45) is 0 Å². The number of nitrogens with zero attached hydrogens (tertiary/aromatic N) is 2. The third-order valence-electron chi connectivity index (χ3n) is 4.38. The number of aromatic nitrogens is 3. The van der Waals surface area contributed by atoms with Crippen LogP contribution < -0.4 is 5.32 Å². The molecule has 0 unspecified atom stereocenters. The van der Waals surface area contributed by atoms with Crippen molar-refractivity contribution in [2.75, 3.05) is 5.32 Å². The van der Waals surface area contributed by atoms with E-state index in [-0.39, 0.29) is 11.7 Å². The lowest BCUT2D eigenvalue weighted by Crippen LogP contribution is -2.16. The van der Waals surface area contributed by atoms with E-state index in [0.717, 1.165) is 22.5 Å². The van der Waals surface area contributed by atoms with Crippen molar-refractivity contribution in [3.63, 3.8) is 0 Å². The van der Waals surface area contributed by atoms with Crippen LogP contribution in [0, 0.1) is 6.92 Å². The molecule has 1 aromatic carbocycles. The Balaban J connectivity index is 1.90. The Hall–Kier alpha value is -3.15. The van der Waals surface area contributed by atoms with E-state index in [1.807, 2.05) is 50.4 Å². The fraction of sp³-hybridized carbons (Fsp3) is 0.250. The van der Waals surface area contributed by atoms with Crippen molar-refractivity contribution in [1.82, 2.24) is 14.8 Å². The van der Waals surface area contributed by atoms with Crippen LogP contribution in [0.25, 0.3) is 0 Å². The first-order valence-electron chi connectivity index (χ1n) is 8.60. The second-order valence-corrected chi connectivity index (χ2v) is 6.20. The molecular formula is C20H22N4O2. The second kappa shape index (κ2) is 7.39. The number of carbonyl (C=O) groups is 2.